The first-order valence-corrected chi connectivity index (χ1v) is 9.99. The summed E-state index contributed by atoms with van der Waals surface area (Å²) >= 11 is 0. The van der Waals surface area contributed by atoms with Crippen LogP contribution in [0.3, 0.4) is 0 Å². The fourth-order valence-corrected chi connectivity index (χ4v) is 3.39. The molecule has 1 N–H and O–H groups in total. The number of fused-ring (bicyclic) bond motifs is 1. The van der Waals surface area contributed by atoms with Crippen molar-refractivity contribution in [2.45, 2.75) is 32.4 Å². The summed E-state index contributed by atoms with van der Waals surface area (Å²) < 4.78 is 5.13. The van der Waals surface area contributed by atoms with E-state index in [0.717, 1.165) is 33.4 Å². The van der Waals surface area contributed by atoms with E-state index < -0.39 is 0 Å². The lowest BCUT2D eigenvalue weighted by Crippen LogP contribution is -2.31. The van der Waals surface area contributed by atoms with Crippen LogP contribution in [-0.2, 0) is 16.1 Å². The SMILES string of the molecule is COCCN(Cc1cccc(-c2ccc3ncnc(NC4CC4)c3c2)c1)C(C)=O. The number of benzene rings is 2. The number of hydrogen-bond acceptors (Lipinski definition) is 5. The lowest BCUT2D eigenvalue weighted by atomic mass is 10.0. The molecule has 0 unspecified atom stereocenters. The summed E-state index contributed by atoms with van der Waals surface area (Å²) in [6, 6.07) is 15.1. The van der Waals surface area contributed by atoms with Crippen molar-refractivity contribution in [1.29, 1.82) is 0 Å². The van der Waals surface area contributed by atoms with Crippen molar-refractivity contribution < 1.29 is 9.53 Å². The van der Waals surface area contributed by atoms with Gasteiger partial charge in [0.2, 0.25) is 5.91 Å². The molecular formula is C23H26N4O2. The summed E-state index contributed by atoms with van der Waals surface area (Å²) in [5.74, 6) is 0.948. The Morgan fingerprint density at radius 3 is 2.76 bits per heavy atom. The van der Waals surface area contributed by atoms with Gasteiger partial charge in [0, 0.05) is 38.6 Å². The van der Waals surface area contributed by atoms with E-state index in [1.54, 1.807) is 25.3 Å². The van der Waals surface area contributed by atoms with E-state index in [4.69, 9.17) is 4.74 Å². The summed E-state index contributed by atoms with van der Waals surface area (Å²) in [5.41, 5.74) is 4.25. The van der Waals surface area contributed by atoms with Crippen molar-refractivity contribution in [2.75, 3.05) is 25.6 Å². The average molecular weight is 390 g/mol. The third-order valence-electron chi connectivity index (χ3n) is 5.20. The van der Waals surface area contributed by atoms with Crippen molar-refractivity contribution in [2.24, 2.45) is 0 Å². The first-order valence-electron chi connectivity index (χ1n) is 9.99. The number of anilines is 1. The van der Waals surface area contributed by atoms with E-state index in [-0.39, 0.29) is 5.91 Å². The zero-order valence-electron chi connectivity index (χ0n) is 16.9. The Morgan fingerprint density at radius 1 is 1.17 bits per heavy atom. The Labute approximate surface area is 170 Å². The largest absolute Gasteiger partial charge is 0.383 e. The van der Waals surface area contributed by atoms with Crippen LogP contribution < -0.4 is 5.32 Å². The normalized spacial score (nSPS) is 13.4. The number of carbonyl (C=O) groups excluding carboxylic acids is 1. The average Bonchev–Trinajstić information content (AvgIpc) is 3.55. The highest BCUT2D eigenvalue weighted by Gasteiger charge is 2.22. The Kier molecular flexibility index (Phi) is 5.71. The predicted molar refractivity (Wildman–Crippen MR) is 115 cm³/mol. The first kappa shape index (κ1) is 19.3. The molecule has 1 aromatic heterocycles. The Hall–Kier alpha value is -2.99. The molecule has 6 nitrogen and oxygen atoms in total. The highest BCUT2D eigenvalue weighted by molar-refractivity contribution is 5.92. The Bertz CT molecular complexity index is 1020. The van der Waals surface area contributed by atoms with Gasteiger partial charge in [0.1, 0.15) is 12.1 Å². The highest BCUT2D eigenvalue weighted by atomic mass is 16.5. The number of amides is 1. The molecule has 1 amide bonds. The molecule has 0 atom stereocenters. The second-order valence-corrected chi connectivity index (χ2v) is 7.51. The molecule has 1 aliphatic carbocycles. The lowest BCUT2D eigenvalue weighted by molar-refractivity contribution is -0.130. The molecule has 0 aliphatic heterocycles. The van der Waals surface area contributed by atoms with E-state index in [2.05, 4.69) is 45.6 Å². The number of hydrogen-bond donors (Lipinski definition) is 1. The fraction of sp³-hybridized carbons (Fsp3) is 0.348. The van der Waals surface area contributed by atoms with Gasteiger partial charge in [-0.05, 0) is 47.7 Å². The molecule has 6 heteroatoms. The Balaban J connectivity index is 1.61. The summed E-state index contributed by atoms with van der Waals surface area (Å²) in [6.07, 6.45) is 4.01. The number of nitrogens with zero attached hydrogens (tertiary/aromatic N) is 3. The van der Waals surface area contributed by atoms with Gasteiger partial charge >= 0.3 is 0 Å². The van der Waals surface area contributed by atoms with Gasteiger partial charge in [-0.3, -0.25) is 4.79 Å². The minimum Gasteiger partial charge on any atom is -0.383 e. The number of aromatic nitrogens is 2. The molecule has 3 aromatic rings. The maximum Gasteiger partial charge on any atom is 0.219 e. The van der Waals surface area contributed by atoms with Crippen LogP contribution in [0.25, 0.3) is 22.0 Å². The van der Waals surface area contributed by atoms with Gasteiger partial charge in [-0.25, -0.2) is 9.97 Å². The molecule has 1 fully saturated rings. The zero-order chi connectivity index (χ0) is 20.2. The van der Waals surface area contributed by atoms with E-state index in [1.807, 2.05) is 12.1 Å². The molecule has 4 rings (SSSR count). The standard InChI is InChI=1S/C23H26N4O2/c1-16(28)27(10-11-29-2)14-17-4-3-5-18(12-17)19-6-9-22-21(13-19)23(25-15-24-22)26-20-7-8-20/h3-6,9,12-13,15,20H,7-8,10-11,14H2,1-2H3,(H,24,25,26). The lowest BCUT2D eigenvalue weighted by Gasteiger charge is -2.21. The zero-order valence-corrected chi connectivity index (χ0v) is 16.9. The fourth-order valence-electron chi connectivity index (χ4n) is 3.39. The number of carbonyl (C=O) groups is 1. The smallest absolute Gasteiger partial charge is 0.219 e. The second-order valence-electron chi connectivity index (χ2n) is 7.51. The molecule has 150 valence electrons. The van der Waals surface area contributed by atoms with Crippen LogP contribution in [-0.4, -0.2) is 47.1 Å². The maximum atomic E-state index is 11.9. The molecule has 0 bridgehead atoms. The number of rotatable bonds is 8. The first-order chi connectivity index (χ1) is 14.1. The van der Waals surface area contributed by atoms with Gasteiger partial charge < -0.3 is 15.0 Å². The number of ether oxygens (including phenoxy) is 1. The third-order valence-corrected chi connectivity index (χ3v) is 5.20. The van der Waals surface area contributed by atoms with Gasteiger partial charge in [-0.2, -0.15) is 0 Å². The monoisotopic (exact) mass is 390 g/mol. The van der Waals surface area contributed by atoms with Gasteiger partial charge in [0.15, 0.2) is 0 Å². The quantitative estimate of drug-likeness (QED) is 0.632. The van der Waals surface area contributed by atoms with Gasteiger partial charge in [-0.1, -0.05) is 24.3 Å². The topological polar surface area (TPSA) is 67.3 Å². The molecule has 1 heterocycles. The molecule has 1 saturated carbocycles. The van der Waals surface area contributed by atoms with Crippen LogP contribution in [0.4, 0.5) is 5.82 Å². The van der Waals surface area contributed by atoms with Gasteiger partial charge in [0.25, 0.3) is 0 Å². The van der Waals surface area contributed by atoms with Crippen LogP contribution in [0.15, 0.2) is 48.8 Å². The summed E-state index contributed by atoms with van der Waals surface area (Å²) in [6.45, 7) is 3.27. The van der Waals surface area contributed by atoms with Gasteiger partial charge in [0.05, 0.1) is 12.1 Å². The molecule has 0 spiro atoms. The summed E-state index contributed by atoms with van der Waals surface area (Å²) in [5, 5.41) is 4.53. The molecule has 1 aliphatic rings. The van der Waals surface area contributed by atoms with Crippen molar-refractivity contribution in [3.63, 3.8) is 0 Å². The predicted octanol–water partition coefficient (Wildman–Crippen LogP) is 3.87. The van der Waals surface area contributed by atoms with E-state index in [1.165, 1.54) is 12.8 Å². The van der Waals surface area contributed by atoms with Crippen LogP contribution in [0.5, 0.6) is 0 Å². The van der Waals surface area contributed by atoms with Crippen LogP contribution in [0.1, 0.15) is 25.3 Å². The van der Waals surface area contributed by atoms with Crippen LogP contribution in [0, 0.1) is 0 Å². The summed E-state index contributed by atoms with van der Waals surface area (Å²) in [4.78, 5) is 22.6. The Morgan fingerprint density at radius 2 is 2.00 bits per heavy atom. The van der Waals surface area contributed by atoms with E-state index in [9.17, 15) is 4.79 Å². The molecule has 29 heavy (non-hydrogen) atoms. The highest BCUT2D eigenvalue weighted by Crippen LogP contribution is 2.30. The van der Waals surface area contributed by atoms with Gasteiger partial charge in [-0.15, -0.1) is 0 Å². The molecule has 2 aromatic carbocycles. The van der Waals surface area contributed by atoms with Crippen LogP contribution >= 0.6 is 0 Å². The van der Waals surface area contributed by atoms with Crippen LogP contribution in [0.2, 0.25) is 0 Å². The number of nitrogens with one attached hydrogen (secondary N) is 1. The number of methoxy groups -OCH3 is 1. The van der Waals surface area contributed by atoms with Crippen molar-refractivity contribution in [3.8, 4) is 11.1 Å². The van der Waals surface area contributed by atoms with Crippen molar-refractivity contribution in [3.05, 3.63) is 54.4 Å². The minimum absolute atomic E-state index is 0.0473. The van der Waals surface area contributed by atoms with Crippen molar-refractivity contribution in [1.82, 2.24) is 14.9 Å². The van der Waals surface area contributed by atoms with Crippen molar-refractivity contribution >= 4 is 22.6 Å². The molecule has 0 saturated heterocycles. The minimum atomic E-state index is 0.0473. The molecule has 0 radical (unpaired) electrons. The third kappa shape index (κ3) is 4.71. The second kappa shape index (κ2) is 8.57. The van der Waals surface area contributed by atoms with E-state index in [0.29, 0.717) is 25.7 Å². The summed E-state index contributed by atoms with van der Waals surface area (Å²) in [7, 11) is 1.65. The maximum absolute atomic E-state index is 11.9. The molecular weight excluding hydrogens is 364 g/mol. The van der Waals surface area contributed by atoms with E-state index >= 15 is 0 Å².